The van der Waals surface area contributed by atoms with Gasteiger partial charge in [0.05, 0.1) is 24.0 Å². The number of nitrogens with zero attached hydrogens (tertiary/aromatic N) is 5. The lowest BCUT2D eigenvalue weighted by atomic mass is 10.1. The SMILES string of the molecule is Cc1cc(N2CCc3nc(C)[nH]c(=O)c3C2)n2nccc2n1. The first kappa shape index (κ1) is 13.0. The molecule has 112 valence electrons. The molecule has 0 atom stereocenters. The Balaban J connectivity index is 1.81. The molecule has 3 aromatic heterocycles. The van der Waals surface area contributed by atoms with Crippen molar-refractivity contribution in [2.75, 3.05) is 11.4 Å². The van der Waals surface area contributed by atoms with E-state index in [0.29, 0.717) is 12.4 Å². The van der Waals surface area contributed by atoms with Crippen molar-refractivity contribution in [1.82, 2.24) is 24.6 Å². The van der Waals surface area contributed by atoms with Gasteiger partial charge in [-0.25, -0.2) is 9.97 Å². The third-order valence-electron chi connectivity index (χ3n) is 3.98. The van der Waals surface area contributed by atoms with Crippen molar-refractivity contribution in [2.24, 2.45) is 0 Å². The lowest BCUT2D eigenvalue weighted by Gasteiger charge is -2.29. The van der Waals surface area contributed by atoms with E-state index in [1.165, 1.54) is 0 Å². The van der Waals surface area contributed by atoms with Crippen LogP contribution in [0, 0.1) is 13.8 Å². The number of rotatable bonds is 1. The van der Waals surface area contributed by atoms with Crippen molar-refractivity contribution in [1.29, 1.82) is 0 Å². The standard InChI is InChI=1S/C15H16N6O/c1-9-7-14(21-13(17-9)3-5-16-21)20-6-4-12-11(8-20)15(22)19-10(2)18-12/h3,5,7H,4,6,8H2,1-2H3,(H,18,19,22). The number of aromatic nitrogens is 5. The second kappa shape index (κ2) is 4.66. The number of hydrogen-bond donors (Lipinski definition) is 1. The van der Waals surface area contributed by atoms with E-state index in [1.807, 2.05) is 30.5 Å². The summed E-state index contributed by atoms with van der Waals surface area (Å²) in [6.45, 7) is 5.12. The van der Waals surface area contributed by atoms with E-state index in [0.717, 1.165) is 41.4 Å². The average Bonchev–Trinajstić information content (AvgIpc) is 2.94. The molecule has 0 spiro atoms. The fourth-order valence-corrected chi connectivity index (χ4v) is 2.99. The van der Waals surface area contributed by atoms with E-state index in [9.17, 15) is 4.79 Å². The number of anilines is 1. The molecule has 1 N–H and O–H groups in total. The fraction of sp³-hybridized carbons (Fsp3) is 0.333. The lowest BCUT2D eigenvalue weighted by Crippen LogP contribution is -2.37. The molecule has 0 saturated heterocycles. The summed E-state index contributed by atoms with van der Waals surface area (Å²) in [5.74, 6) is 1.63. The van der Waals surface area contributed by atoms with Crippen LogP contribution in [0.2, 0.25) is 0 Å². The van der Waals surface area contributed by atoms with Gasteiger partial charge in [0.25, 0.3) is 5.56 Å². The lowest BCUT2D eigenvalue weighted by molar-refractivity contribution is 0.671. The summed E-state index contributed by atoms with van der Waals surface area (Å²) < 4.78 is 1.81. The molecule has 0 aromatic carbocycles. The summed E-state index contributed by atoms with van der Waals surface area (Å²) >= 11 is 0. The van der Waals surface area contributed by atoms with Gasteiger partial charge in [-0.1, -0.05) is 0 Å². The second-order valence-electron chi connectivity index (χ2n) is 5.61. The number of hydrogen-bond acceptors (Lipinski definition) is 5. The summed E-state index contributed by atoms with van der Waals surface area (Å²) in [6.07, 6.45) is 2.49. The first-order valence-corrected chi connectivity index (χ1v) is 7.27. The van der Waals surface area contributed by atoms with Crippen molar-refractivity contribution >= 4 is 11.5 Å². The number of H-pyrrole nitrogens is 1. The molecule has 0 aliphatic carbocycles. The Hall–Kier alpha value is -2.70. The smallest absolute Gasteiger partial charge is 0.256 e. The van der Waals surface area contributed by atoms with E-state index < -0.39 is 0 Å². The zero-order valence-corrected chi connectivity index (χ0v) is 12.5. The topological polar surface area (TPSA) is 79.2 Å². The molecule has 7 heteroatoms. The third-order valence-corrected chi connectivity index (χ3v) is 3.98. The first-order chi connectivity index (χ1) is 10.6. The Morgan fingerprint density at radius 1 is 1.27 bits per heavy atom. The molecule has 0 amide bonds. The van der Waals surface area contributed by atoms with Crippen molar-refractivity contribution in [2.45, 2.75) is 26.8 Å². The maximum Gasteiger partial charge on any atom is 0.256 e. The second-order valence-corrected chi connectivity index (χ2v) is 5.61. The molecule has 1 aliphatic heterocycles. The minimum absolute atomic E-state index is 0.0466. The van der Waals surface area contributed by atoms with Crippen LogP contribution in [0.5, 0.6) is 0 Å². The Labute approximate surface area is 126 Å². The van der Waals surface area contributed by atoms with Crippen LogP contribution in [0.15, 0.2) is 23.1 Å². The summed E-state index contributed by atoms with van der Waals surface area (Å²) in [5, 5.41) is 4.34. The van der Waals surface area contributed by atoms with Crippen LogP contribution < -0.4 is 10.5 Å². The summed E-state index contributed by atoms with van der Waals surface area (Å²) in [6, 6.07) is 3.88. The molecule has 1 aliphatic rings. The molecule has 0 radical (unpaired) electrons. The van der Waals surface area contributed by atoms with Crippen molar-refractivity contribution in [3.63, 3.8) is 0 Å². The molecule has 0 unspecified atom stereocenters. The van der Waals surface area contributed by atoms with Crippen molar-refractivity contribution < 1.29 is 0 Å². The highest BCUT2D eigenvalue weighted by Crippen LogP contribution is 2.22. The molecule has 4 rings (SSSR count). The minimum Gasteiger partial charge on any atom is -0.351 e. The van der Waals surface area contributed by atoms with Crippen LogP contribution in [0.3, 0.4) is 0 Å². The van der Waals surface area contributed by atoms with E-state index in [4.69, 9.17) is 0 Å². The largest absolute Gasteiger partial charge is 0.351 e. The number of aryl methyl sites for hydroxylation is 2. The normalized spacial score (nSPS) is 14.4. The van der Waals surface area contributed by atoms with Gasteiger partial charge in [-0.3, -0.25) is 4.79 Å². The average molecular weight is 296 g/mol. The molecular formula is C15H16N6O. The van der Waals surface area contributed by atoms with E-state index in [-0.39, 0.29) is 5.56 Å². The molecule has 4 heterocycles. The molecule has 3 aromatic rings. The van der Waals surface area contributed by atoms with E-state index in [2.05, 4.69) is 25.0 Å². The number of nitrogens with one attached hydrogen (secondary N) is 1. The fourth-order valence-electron chi connectivity index (χ4n) is 2.99. The highest BCUT2D eigenvalue weighted by Gasteiger charge is 2.23. The number of aromatic amines is 1. The van der Waals surface area contributed by atoms with Crippen LogP contribution in [0.1, 0.15) is 22.8 Å². The van der Waals surface area contributed by atoms with Crippen LogP contribution in [0.4, 0.5) is 5.82 Å². The van der Waals surface area contributed by atoms with E-state index in [1.54, 1.807) is 6.20 Å². The minimum atomic E-state index is -0.0466. The van der Waals surface area contributed by atoms with Gasteiger partial charge in [0.2, 0.25) is 0 Å². The van der Waals surface area contributed by atoms with Crippen molar-refractivity contribution in [3.8, 4) is 0 Å². The van der Waals surface area contributed by atoms with Gasteiger partial charge < -0.3 is 9.88 Å². The zero-order valence-electron chi connectivity index (χ0n) is 12.5. The van der Waals surface area contributed by atoms with Gasteiger partial charge in [0, 0.05) is 30.8 Å². The molecule has 0 bridgehead atoms. The summed E-state index contributed by atoms with van der Waals surface area (Å²) in [7, 11) is 0. The Morgan fingerprint density at radius 3 is 3.00 bits per heavy atom. The van der Waals surface area contributed by atoms with Gasteiger partial charge in [-0.15, -0.1) is 0 Å². The molecular weight excluding hydrogens is 280 g/mol. The van der Waals surface area contributed by atoms with Crippen LogP contribution in [-0.2, 0) is 13.0 Å². The van der Waals surface area contributed by atoms with Gasteiger partial charge in [-0.05, 0) is 13.8 Å². The monoisotopic (exact) mass is 296 g/mol. The van der Waals surface area contributed by atoms with Crippen LogP contribution in [-0.4, -0.2) is 31.1 Å². The maximum absolute atomic E-state index is 12.2. The van der Waals surface area contributed by atoms with E-state index >= 15 is 0 Å². The Bertz CT molecular complexity index is 925. The van der Waals surface area contributed by atoms with Gasteiger partial charge in [0.15, 0.2) is 5.65 Å². The zero-order chi connectivity index (χ0) is 15.3. The highest BCUT2D eigenvalue weighted by atomic mass is 16.1. The molecule has 22 heavy (non-hydrogen) atoms. The first-order valence-electron chi connectivity index (χ1n) is 7.27. The van der Waals surface area contributed by atoms with Gasteiger partial charge >= 0.3 is 0 Å². The molecule has 7 nitrogen and oxygen atoms in total. The summed E-state index contributed by atoms with van der Waals surface area (Å²) in [5.41, 5.74) is 3.35. The van der Waals surface area contributed by atoms with Crippen LogP contribution >= 0.6 is 0 Å². The predicted octanol–water partition coefficient (Wildman–Crippen LogP) is 0.992. The predicted molar refractivity (Wildman–Crippen MR) is 82.1 cm³/mol. The van der Waals surface area contributed by atoms with Crippen LogP contribution in [0.25, 0.3) is 5.65 Å². The Morgan fingerprint density at radius 2 is 2.14 bits per heavy atom. The molecule has 0 saturated carbocycles. The maximum atomic E-state index is 12.2. The van der Waals surface area contributed by atoms with Gasteiger partial charge in [0.1, 0.15) is 11.6 Å². The highest BCUT2D eigenvalue weighted by molar-refractivity contribution is 5.52. The Kier molecular flexibility index (Phi) is 2.75. The summed E-state index contributed by atoms with van der Waals surface area (Å²) in [4.78, 5) is 26.0. The third kappa shape index (κ3) is 1.97. The number of fused-ring (bicyclic) bond motifs is 2. The molecule has 0 fully saturated rings. The quantitative estimate of drug-likeness (QED) is 0.724. The van der Waals surface area contributed by atoms with Crippen molar-refractivity contribution in [3.05, 3.63) is 51.5 Å². The van der Waals surface area contributed by atoms with Gasteiger partial charge in [-0.2, -0.15) is 9.61 Å².